The Morgan fingerprint density at radius 1 is 1.33 bits per heavy atom. The first kappa shape index (κ1) is 10.8. The van der Waals surface area contributed by atoms with Gasteiger partial charge in [-0.25, -0.2) is 4.98 Å². The van der Waals surface area contributed by atoms with Crippen LogP contribution >= 0.6 is 0 Å². The molecule has 2 heterocycles. The second kappa shape index (κ2) is 3.87. The summed E-state index contributed by atoms with van der Waals surface area (Å²) in [6.45, 7) is 2.10. The highest BCUT2D eigenvalue weighted by Gasteiger charge is 2.11. The summed E-state index contributed by atoms with van der Waals surface area (Å²) in [7, 11) is 1.93. The van der Waals surface area contributed by atoms with E-state index in [1.165, 1.54) is 0 Å². The lowest BCUT2D eigenvalue weighted by Crippen LogP contribution is -1.95. The Bertz CT molecular complexity index is 707. The third-order valence-corrected chi connectivity index (χ3v) is 3.05. The molecule has 0 radical (unpaired) electrons. The fourth-order valence-corrected chi connectivity index (χ4v) is 2.20. The number of fused-ring (bicyclic) bond motifs is 1. The molecule has 0 aliphatic carbocycles. The molecule has 3 aromatic rings. The third kappa shape index (κ3) is 1.55. The fraction of sp³-hybridized carbons (Fsp3) is 0.231. The van der Waals surface area contributed by atoms with Crippen LogP contribution in [0.5, 0.6) is 0 Å². The fourth-order valence-electron chi connectivity index (χ4n) is 2.20. The van der Waals surface area contributed by atoms with Crippen LogP contribution in [0.2, 0.25) is 0 Å². The summed E-state index contributed by atoms with van der Waals surface area (Å²) in [6.07, 6.45) is 4.72. The van der Waals surface area contributed by atoms with E-state index < -0.39 is 0 Å². The van der Waals surface area contributed by atoms with Gasteiger partial charge in [0.25, 0.3) is 0 Å². The molecule has 92 valence electrons. The number of hydrogen-bond donors (Lipinski definition) is 1. The van der Waals surface area contributed by atoms with Gasteiger partial charge in [-0.3, -0.25) is 9.25 Å². The van der Waals surface area contributed by atoms with Crippen molar-refractivity contribution in [3.63, 3.8) is 0 Å². The average molecular weight is 241 g/mol. The van der Waals surface area contributed by atoms with Crippen LogP contribution in [-0.4, -0.2) is 19.3 Å². The molecule has 5 nitrogen and oxygen atoms in total. The quantitative estimate of drug-likeness (QED) is 0.697. The van der Waals surface area contributed by atoms with E-state index in [-0.39, 0.29) is 0 Å². The Morgan fingerprint density at radius 2 is 2.17 bits per heavy atom. The lowest BCUT2D eigenvalue weighted by molar-refractivity contribution is 0.746. The van der Waals surface area contributed by atoms with Crippen LogP contribution in [-0.2, 0) is 13.5 Å². The van der Waals surface area contributed by atoms with E-state index in [1.807, 2.05) is 42.5 Å². The van der Waals surface area contributed by atoms with E-state index in [2.05, 4.69) is 21.6 Å². The Hall–Kier alpha value is -2.30. The molecule has 0 fully saturated rings. The van der Waals surface area contributed by atoms with Crippen molar-refractivity contribution in [2.45, 2.75) is 13.3 Å². The molecular formula is C13H15N5. The van der Waals surface area contributed by atoms with Crippen LogP contribution < -0.4 is 5.73 Å². The number of nitrogens with two attached hydrogens (primary N) is 1. The molecule has 3 rings (SSSR count). The molecule has 18 heavy (non-hydrogen) atoms. The molecule has 0 atom stereocenters. The van der Waals surface area contributed by atoms with Gasteiger partial charge in [0.05, 0.1) is 22.4 Å². The molecular weight excluding hydrogens is 226 g/mol. The first-order valence-electron chi connectivity index (χ1n) is 5.94. The predicted octanol–water partition coefficient (Wildman–Crippen LogP) is 1.90. The lowest BCUT2D eigenvalue weighted by Gasteiger charge is -2.03. The van der Waals surface area contributed by atoms with Crippen molar-refractivity contribution in [1.82, 2.24) is 19.3 Å². The zero-order chi connectivity index (χ0) is 12.7. The number of aromatic nitrogens is 4. The predicted molar refractivity (Wildman–Crippen MR) is 71.6 cm³/mol. The van der Waals surface area contributed by atoms with Crippen LogP contribution in [0.15, 0.2) is 30.7 Å². The number of anilines is 1. The first-order valence-corrected chi connectivity index (χ1v) is 5.94. The number of imidazole rings is 1. The maximum atomic E-state index is 5.77. The number of nitrogen functional groups attached to an aromatic ring is 1. The molecule has 2 N–H and O–H groups in total. The molecule has 0 aliphatic rings. The van der Waals surface area contributed by atoms with Gasteiger partial charge in [0, 0.05) is 18.9 Å². The van der Waals surface area contributed by atoms with Gasteiger partial charge in [-0.1, -0.05) is 6.92 Å². The van der Waals surface area contributed by atoms with Crippen LogP contribution in [0, 0.1) is 0 Å². The minimum Gasteiger partial charge on any atom is -0.399 e. The van der Waals surface area contributed by atoms with E-state index in [4.69, 9.17) is 5.73 Å². The summed E-state index contributed by atoms with van der Waals surface area (Å²) >= 11 is 0. The number of nitrogens with zero attached hydrogens (tertiary/aromatic N) is 4. The van der Waals surface area contributed by atoms with E-state index in [1.54, 1.807) is 0 Å². The van der Waals surface area contributed by atoms with Crippen molar-refractivity contribution in [1.29, 1.82) is 0 Å². The van der Waals surface area contributed by atoms with Crippen molar-refractivity contribution < 1.29 is 0 Å². The molecule has 0 unspecified atom stereocenters. The second-order valence-corrected chi connectivity index (χ2v) is 4.35. The van der Waals surface area contributed by atoms with Gasteiger partial charge in [-0.2, -0.15) is 5.10 Å². The number of benzene rings is 1. The zero-order valence-corrected chi connectivity index (χ0v) is 10.5. The molecule has 0 bridgehead atoms. The number of hydrogen-bond acceptors (Lipinski definition) is 3. The third-order valence-electron chi connectivity index (χ3n) is 3.05. The molecule has 5 heteroatoms. The molecule has 0 amide bonds. The average Bonchev–Trinajstić information content (AvgIpc) is 2.91. The maximum absolute atomic E-state index is 5.77. The van der Waals surface area contributed by atoms with Crippen molar-refractivity contribution in [2.75, 3.05) is 5.73 Å². The van der Waals surface area contributed by atoms with Crippen molar-refractivity contribution >= 4 is 16.7 Å². The van der Waals surface area contributed by atoms with Crippen molar-refractivity contribution in [3.05, 3.63) is 36.4 Å². The van der Waals surface area contributed by atoms with Crippen LogP contribution in [0.4, 0.5) is 5.69 Å². The summed E-state index contributed by atoms with van der Waals surface area (Å²) in [5, 5.41) is 4.45. The monoisotopic (exact) mass is 241 g/mol. The van der Waals surface area contributed by atoms with Gasteiger partial charge in [-0.05, 0) is 24.6 Å². The Kier molecular flexibility index (Phi) is 2.33. The topological polar surface area (TPSA) is 61.7 Å². The van der Waals surface area contributed by atoms with E-state index in [0.29, 0.717) is 0 Å². The standard InChI is InChI=1S/C13H15N5/c1-3-10-13(7-17(2)16-10)18-8-15-11-6-9(14)4-5-12(11)18/h4-8H,3,14H2,1-2H3. The SMILES string of the molecule is CCc1nn(C)cc1-n1cnc2cc(N)ccc21. The number of rotatable bonds is 2. The second-order valence-electron chi connectivity index (χ2n) is 4.35. The van der Waals surface area contributed by atoms with Gasteiger partial charge in [0.15, 0.2) is 0 Å². The van der Waals surface area contributed by atoms with Gasteiger partial charge in [0.2, 0.25) is 0 Å². The molecule has 0 spiro atoms. The van der Waals surface area contributed by atoms with Gasteiger partial charge in [-0.15, -0.1) is 0 Å². The van der Waals surface area contributed by atoms with E-state index in [9.17, 15) is 0 Å². The van der Waals surface area contributed by atoms with E-state index >= 15 is 0 Å². The van der Waals surface area contributed by atoms with E-state index in [0.717, 1.165) is 34.5 Å². The maximum Gasteiger partial charge on any atom is 0.101 e. The molecule has 0 saturated carbocycles. The summed E-state index contributed by atoms with van der Waals surface area (Å²) in [6, 6.07) is 5.76. The Morgan fingerprint density at radius 3 is 2.94 bits per heavy atom. The number of aryl methyl sites for hydroxylation is 2. The largest absolute Gasteiger partial charge is 0.399 e. The van der Waals surface area contributed by atoms with Crippen molar-refractivity contribution in [3.8, 4) is 5.69 Å². The molecule has 2 aromatic heterocycles. The minimum atomic E-state index is 0.731. The highest BCUT2D eigenvalue weighted by molar-refractivity contribution is 5.80. The summed E-state index contributed by atoms with van der Waals surface area (Å²) in [4.78, 5) is 4.39. The summed E-state index contributed by atoms with van der Waals surface area (Å²) in [5.41, 5.74) is 10.6. The van der Waals surface area contributed by atoms with Crippen molar-refractivity contribution in [2.24, 2.45) is 7.05 Å². The highest BCUT2D eigenvalue weighted by Crippen LogP contribution is 2.22. The summed E-state index contributed by atoms with van der Waals surface area (Å²) in [5.74, 6) is 0. The summed E-state index contributed by atoms with van der Waals surface area (Å²) < 4.78 is 3.89. The van der Waals surface area contributed by atoms with Gasteiger partial charge >= 0.3 is 0 Å². The normalized spacial score (nSPS) is 11.2. The lowest BCUT2D eigenvalue weighted by atomic mass is 10.2. The Labute approximate surface area is 105 Å². The highest BCUT2D eigenvalue weighted by atomic mass is 15.3. The molecule has 0 saturated heterocycles. The van der Waals surface area contributed by atoms with Crippen LogP contribution in [0.25, 0.3) is 16.7 Å². The smallest absolute Gasteiger partial charge is 0.101 e. The zero-order valence-electron chi connectivity index (χ0n) is 10.5. The van der Waals surface area contributed by atoms with Crippen LogP contribution in [0.1, 0.15) is 12.6 Å². The molecule has 0 aliphatic heterocycles. The molecule has 1 aromatic carbocycles. The van der Waals surface area contributed by atoms with Gasteiger partial charge < -0.3 is 5.73 Å². The van der Waals surface area contributed by atoms with Gasteiger partial charge in [0.1, 0.15) is 6.33 Å². The van der Waals surface area contributed by atoms with Crippen LogP contribution in [0.3, 0.4) is 0 Å². The first-order chi connectivity index (χ1) is 8.69. The minimum absolute atomic E-state index is 0.731. The Balaban J connectivity index is 2.25.